The van der Waals surface area contributed by atoms with Crippen LogP contribution in [0.5, 0.6) is 0 Å². The molecule has 17 heavy (non-hydrogen) atoms. The normalized spacial score (nSPS) is 17.3. The van der Waals surface area contributed by atoms with Gasteiger partial charge < -0.3 is 10.1 Å². The maximum atomic E-state index is 5.16. The minimum absolute atomic E-state index is 0.525. The Morgan fingerprint density at radius 1 is 1.53 bits per heavy atom. The van der Waals surface area contributed by atoms with Gasteiger partial charge in [0, 0.05) is 45.1 Å². The number of nitrogens with one attached hydrogen (secondary N) is 1. The van der Waals surface area contributed by atoms with Crippen molar-refractivity contribution in [1.82, 2.24) is 15.1 Å². The average Bonchev–Trinajstić information content (AvgIpc) is 2.96. The first-order chi connectivity index (χ1) is 8.28. The molecule has 0 aromatic carbocycles. The lowest BCUT2D eigenvalue weighted by molar-refractivity contribution is 0.171. The van der Waals surface area contributed by atoms with Crippen LogP contribution in [0.3, 0.4) is 0 Å². The molecule has 1 N–H and O–H groups in total. The standard InChI is InChI=1S/C13H23N3O/c1-3-16-10-12(9-15-16)8-14-11-13(4-5-13)6-7-17-2/h9-10,14H,3-8,11H2,1-2H3. The fourth-order valence-corrected chi connectivity index (χ4v) is 2.15. The summed E-state index contributed by atoms with van der Waals surface area (Å²) < 4.78 is 7.13. The van der Waals surface area contributed by atoms with E-state index in [-0.39, 0.29) is 0 Å². The van der Waals surface area contributed by atoms with E-state index in [2.05, 4.69) is 23.5 Å². The Balaban J connectivity index is 1.69. The minimum Gasteiger partial charge on any atom is -0.385 e. The fourth-order valence-electron chi connectivity index (χ4n) is 2.15. The average molecular weight is 237 g/mol. The van der Waals surface area contributed by atoms with E-state index in [9.17, 15) is 0 Å². The van der Waals surface area contributed by atoms with Gasteiger partial charge in [-0.1, -0.05) is 0 Å². The van der Waals surface area contributed by atoms with Crippen LogP contribution in [-0.2, 0) is 17.8 Å². The highest BCUT2D eigenvalue weighted by atomic mass is 16.5. The van der Waals surface area contributed by atoms with Gasteiger partial charge in [-0.2, -0.15) is 5.10 Å². The van der Waals surface area contributed by atoms with Gasteiger partial charge in [0.15, 0.2) is 0 Å². The Labute approximate surface area is 103 Å². The van der Waals surface area contributed by atoms with Gasteiger partial charge in [0.2, 0.25) is 0 Å². The minimum atomic E-state index is 0.525. The molecule has 96 valence electrons. The number of aryl methyl sites for hydroxylation is 1. The van der Waals surface area contributed by atoms with E-state index in [1.165, 1.54) is 24.8 Å². The van der Waals surface area contributed by atoms with Gasteiger partial charge in [-0.3, -0.25) is 4.68 Å². The first-order valence-corrected chi connectivity index (χ1v) is 6.49. The molecule has 1 saturated carbocycles. The third kappa shape index (κ3) is 3.54. The van der Waals surface area contributed by atoms with Crippen molar-refractivity contribution in [2.24, 2.45) is 5.41 Å². The zero-order valence-electron chi connectivity index (χ0n) is 10.9. The van der Waals surface area contributed by atoms with Crippen molar-refractivity contribution in [2.45, 2.75) is 39.3 Å². The van der Waals surface area contributed by atoms with Gasteiger partial charge in [0.05, 0.1) is 6.20 Å². The Bertz CT molecular complexity index is 344. The number of ether oxygens (including phenoxy) is 1. The van der Waals surface area contributed by atoms with Crippen LogP contribution in [0.4, 0.5) is 0 Å². The number of hydrogen-bond acceptors (Lipinski definition) is 3. The molecule has 0 saturated heterocycles. The molecular formula is C13H23N3O. The van der Waals surface area contributed by atoms with Crippen LogP contribution < -0.4 is 5.32 Å². The highest BCUT2D eigenvalue weighted by Crippen LogP contribution is 2.48. The van der Waals surface area contributed by atoms with E-state index in [4.69, 9.17) is 4.74 Å². The third-order valence-electron chi connectivity index (χ3n) is 3.63. The van der Waals surface area contributed by atoms with E-state index in [1.807, 2.05) is 10.9 Å². The van der Waals surface area contributed by atoms with Crippen molar-refractivity contribution in [3.05, 3.63) is 18.0 Å². The summed E-state index contributed by atoms with van der Waals surface area (Å²) >= 11 is 0. The second-order valence-corrected chi connectivity index (χ2v) is 5.05. The lowest BCUT2D eigenvalue weighted by Crippen LogP contribution is -2.24. The zero-order valence-corrected chi connectivity index (χ0v) is 10.9. The van der Waals surface area contributed by atoms with Crippen LogP contribution in [0.1, 0.15) is 31.7 Å². The smallest absolute Gasteiger partial charge is 0.0534 e. The molecule has 4 heteroatoms. The summed E-state index contributed by atoms with van der Waals surface area (Å²) in [4.78, 5) is 0. The van der Waals surface area contributed by atoms with Gasteiger partial charge in [-0.15, -0.1) is 0 Å². The summed E-state index contributed by atoms with van der Waals surface area (Å²) in [5, 5.41) is 7.81. The summed E-state index contributed by atoms with van der Waals surface area (Å²) in [6.07, 6.45) is 7.94. The molecule has 0 bridgehead atoms. The summed E-state index contributed by atoms with van der Waals surface area (Å²) in [6.45, 7) is 5.96. The van der Waals surface area contributed by atoms with Crippen LogP contribution in [0.15, 0.2) is 12.4 Å². The van der Waals surface area contributed by atoms with Crippen LogP contribution in [-0.4, -0.2) is 30.0 Å². The SMILES string of the molecule is CCn1cc(CNCC2(CCOC)CC2)cn1. The van der Waals surface area contributed by atoms with Crippen LogP contribution in [0, 0.1) is 5.41 Å². The highest BCUT2D eigenvalue weighted by molar-refractivity contribution is 5.04. The van der Waals surface area contributed by atoms with E-state index in [0.29, 0.717) is 5.41 Å². The lowest BCUT2D eigenvalue weighted by Gasteiger charge is -2.14. The third-order valence-corrected chi connectivity index (χ3v) is 3.63. The number of aromatic nitrogens is 2. The molecule has 1 aromatic rings. The Morgan fingerprint density at radius 3 is 2.94 bits per heavy atom. The molecule has 4 nitrogen and oxygen atoms in total. The molecule has 0 unspecified atom stereocenters. The van der Waals surface area contributed by atoms with Gasteiger partial charge >= 0.3 is 0 Å². The van der Waals surface area contributed by atoms with Gasteiger partial charge in [0.1, 0.15) is 0 Å². The largest absolute Gasteiger partial charge is 0.385 e. The van der Waals surface area contributed by atoms with Crippen molar-refractivity contribution < 1.29 is 4.74 Å². The topological polar surface area (TPSA) is 39.1 Å². The summed E-state index contributed by atoms with van der Waals surface area (Å²) in [5.74, 6) is 0. The molecule has 0 spiro atoms. The van der Waals surface area contributed by atoms with Gasteiger partial charge in [-0.05, 0) is 31.6 Å². The maximum absolute atomic E-state index is 5.16. The summed E-state index contributed by atoms with van der Waals surface area (Å²) in [5.41, 5.74) is 1.80. The first kappa shape index (κ1) is 12.6. The molecule has 1 aromatic heterocycles. The highest BCUT2D eigenvalue weighted by Gasteiger charge is 2.41. The maximum Gasteiger partial charge on any atom is 0.0534 e. The van der Waals surface area contributed by atoms with Crippen LogP contribution in [0.25, 0.3) is 0 Å². The number of rotatable bonds is 8. The second-order valence-electron chi connectivity index (χ2n) is 5.05. The molecular weight excluding hydrogens is 214 g/mol. The number of methoxy groups -OCH3 is 1. The molecule has 0 atom stereocenters. The molecule has 1 fully saturated rings. The molecule has 0 aliphatic heterocycles. The lowest BCUT2D eigenvalue weighted by atomic mass is 10.0. The quantitative estimate of drug-likeness (QED) is 0.749. The molecule has 0 amide bonds. The van der Waals surface area contributed by atoms with Gasteiger partial charge in [0.25, 0.3) is 0 Å². The molecule has 2 rings (SSSR count). The zero-order chi connectivity index (χ0) is 12.1. The summed E-state index contributed by atoms with van der Waals surface area (Å²) in [6, 6.07) is 0. The Kier molecular flexibility index (Phi) is 4.18. The number of hydrogen-bond donors (Lipinski definition) is 1. The van der Waals surface area contributed by atoms with Crippen molar-refractivity contribution in [2.75, 3.05) is 20.3 Å². The van der Waals surface area contributed by atoms with E-state index >= 15 is 0 Å². The van der Waals surface area contributed by atoms with E-state index in [1.54, 1.807) is 7.11 Å². The summed E-state index contributed by atoms with van der Waals surface area (Å²) in [7, 11) is 1.78. The molecule has 0 radical (unpaired) electrons. The van der Waals surface area contributed by atoms with Crippen LogP contribution >= 0.6 is 0 Å². The Hall–Kier alpha value is -0.870. The van der Waals surface area contributed by atoms with E-state index in [0.717, 1.165) is 26.2 Å². The van der Waals surface area contributed by atoms with Crippen molar-refractivity contribution in [3.8, 4) is 0 Å². The molecule has 1 aliphatic rings. The first-order valence-electron chi connectivity index (χ1n) is 6.49. The van der Waals surface area contributed by atoms with Crippen molar-refractivity contribution in [3.63, 3.8) is 0 Å². The molecule has 1 aliphatic carbocycles. The Morgan fingerprint density at radius 2 is 2.35 bits per heavy atom. The van der Waals surface area contributed by atoms with Gasteiger partial charge in [-0.25, -0.2) is 0 Å². The number of nitrogens with zero attached hydrogens (tertiary/aromatic N) is 2. The van der Waals surface area contributed by atoms with E-state index < -0.39 is 0 Å². The predicted octanol–water partition coefficient (Wildman–Crippen LogP) is 1.81. The second kappa shape index (κ2) is 5.65. The fraction of sp³-hybridized carbons (Fsp3) is 0.769. The van der Waals surface area contributed by atoms with Crippen LogP contribution in [0.2, 0.25) is 0 Å². The monoisotopic (exact) mass is 237 g/mol. The van der Waals surface area contributed by atoms with Crippen molar-refractivity contribution in [1.29, 1.82) is 0 Å². The van der Waals surface area contributed by atoms with Crippen molar-refractivity contribution >= 4 is 0 Å². The molecule has 1 heterocycles. The predicted molar refractivity (Wildman–Crippen MR) is 67.8 cm³/mol.